The first-order valence-electron chi connectivity index (χ1n) is 10.8. The fourth-order valence-electron chi connectivity index (χ4n) is 3.88. The Bertz CT molecular complexity index is 1120. The standard InChI is InChI=1S/C26H28ClN3O/c1-5-8-23-22(24(27)29-17(2)28-23)15-18-11-13-19(14-12-18)20-9-6-7-10-21(20)25-30-26(3,4)16-31-25/h6-7,9-14H,5,8,15-16H2,1-4H3. The highest BCUT2D eigenvalue weighted by molar-refractivity contribution is 6.30. The monoisotopic (exact) mass is 433 g/mol. The van der Waals surface area contributed by atoms with Crippen molar-refractivity contribution in [2.75, 3.05) is 6.61 Å². The van der Waals surface area contributed by atoms with E-state index in [0.29, 0.717) is 11.8 Å². The van der Waals surface area contributed by atoms with Crippen molar-refractivity contribution in [1.82, 2.24) is 9.97 Å². The van der Waals surface area contributed by atoms with E-state index in [9.17, 15) is 0 Å². The van der Waals surface area contributed by atoms with E-state index in [1.165, 1.54) is 5.56 Å². The minimum Gasteiger partial charge on any atom is -0.475 e. The number of rotatable bonds is 6. The summed E-state index contributed by atoms with van der Waals surface area (Å²) in [4.78, 5) is 13.8. The average Bonchev–Trinajstić information content (AvgIpc) is 3.11. The highest BCUT2D eigenvalue weighted by Gasteiger charge is 2.28. The van der Waals surface area contributed by atoms with Crippen molar-refractivity contribution in [2.24, 2.45) is 4.99 Å². The number of benzene rings is 2. The second-order valence-corrected chi connectivity index (χ2v) is 9.03. The fourth-order valence-corrected chi connectivity index (χ4v) is 4.18. The van der Waals surface area contributed by atoms with Crippen molar-refractivity contribution in [3.05, 3.63) is 81.9 Å². The van der Waals surface area contributed by atoms with Gasteiger partial charge in [-0.2, -0.15) is 0 Å². The van der Waals surface area contributed by atoms with Crippen LogP contribution < -0.4 is 0 Å². The number of nitrogens with zero attached hydrogens (tertiary/aromatic N) is 3. The van der Waals surface area contributed by atoms with Gasteiger partial charge in [0, 0.05) is 23.2 Å². The number of aromatic nitrogens is 2. The summed E-state index contributed by atoms with van der Waals surface area (Å²) in [5.41, 5.74) is 6.36. The van der Waals surface area contributed by atoms with Gasteiger partial charge in [0.15, 0.2) is 0 Å². The topological polar surface area (TPSA) is 47.4 Å². The van der Waals surface area contributed by atoms with Gasteiger partial charge in [0.25, 0.3) is 0 Å². The molecule has 0 fully saturated rings. The van der Waals surface area contributed by atoms with Crippen molar-refractivity contribution >= 4 is 17.5 Å². The molecular weight excluding hydrogens is 406 g/mol. The molecule has 5 heteroatoms. The number of hydrogen-bond acceptors (Lipinski definition) is 4. The molecule has 1 aliphatic rings. The van der Waals surface area contributed by atoms with Crippen LogP contribution in [0.1, 0.15) is 55.4 Å². The van der Waals surface area contributed by atoms with Crippen molar-refractivity contribution < 1.29 is 4.74 Å². The Labute approximate surface area is 189 Å². The maximum absolute atomic E-state index is 6.49. The third-order valence-electron chi connectivity index (χ3n) is 5.41. The summed E-state index contributed by atoms with van der Waals surface area (Å²) in [5.74, 6) is 1.45. The molecule has 0 radical (unpaired) electrons. The zero-order valence-corrected chi connectivity index (χ0v) is 19.3. The van der Waals surface area contributed by atoms with E-state index in [2.05, 4.69) is 67.1 Å². The molecule has 1 aromatic heterocycles. The Morgan fingerprint density at radius 1 is 1.00 bits per heavy atom. The van der Waals surface area contributed by atoms with E-state index in [0.717, 1.165) is 58.9 Å². The third-order valence-corrected chi connectivity index (χ3v) is 5.72. The van der Waals surface area contributed by atoms with Gasteiger partial charge in [-0.05, 0) is 49.9 Å². The van der Waals surface area contributed by atoms with E-state index < -0.39 is 0 Å². The summed E-state index contributed by atoms with van der Waals surface area (Å²) in [6, 6.07) is 16.9. The number of hydrogen-bond donors (Lipinski definition) is 0. The van der Waals surface area contributed by atoms with Crippen molar-refractivity contribution in [3.8, 4) is 11.1 Å². The second-order valence-electron chi connectivity index (χ2n) is 8.67. The van der Waals surface area contributed by atoms with Gasteiger partial charge in [-0.1, -0.05) is 67.4 Å². The zero-order valence-electron chi connectivity index (χ0n) is 18.6. The van der Waals surface area contributed by atoms with Crippen molar-refractivity contribution in [3.63, 3.8) is 0 Å². The molecule has 0 N–H and O–H groups in total. The van der Waals surface area contributed by atoms with E-state index >= 15 is 0 Å². The van der Waals surface area contributed by atoms with Crippen LogP contribution in [0.5, 0.6) is 0 Å². The Balaban J connectivity index is 1.63. The maximum Gasteiger partial charge on any atom is 0.217 e. The van der Waals surface area contributed by atoms with Gasteiger partial charge in [0.1, 0.15) is 17.6 Å². The Morgan fingerprint density at radius 2 is 1.71 bits per heavy atom. The lowest BCUT2D eigenvalue weighted by Gasteiger charge is -2.12. The molecule has 0 aliphatic carbocycles. The quantitative estimate of drug-likeness (QED) is 0.434. The molecule has 0 bridgehead atoms. The molecule has 0 saturated heterocycles. The van der Waals surface area contributed by atoms with Crippen LogP contribution in [0, 0.1) is 6.92 Å². The van der Waals surface area contributed by atoms with Gasteiger partial charge in [-0.15, -0.1) is 0 Å². The Morgan fingerprint density at radius 3 is 2.35 bits per heavy atom. The molecular formula is C26H28ClN3O. The molecule has 0 saturated carbocycles. The van der Waals surface area contributed by atoms with Crippen LogP contribution in [-0.2, 0) is 17.6 Å². The summed E-state index contributed by atoms with van der Waals surface area (Å²) in [6.07, 6.45) is 2.65. The van der Waals surface area contributed by atoms with E-state index in [1.807, 2.05) is 19.1 Å². The van der Waals surface area contributed by atoms with Crippen LogP contribution in [0.4, 0.5) is 0 Å². The van der Waals surface area contributed by atoms with Crippen LogP contribution in [-0.4, -0.2) is 28.0 Å². The molecule has 2 aromatic carbocycles. The molecule has 0 amide bonds. The van der Waals surface area contributed by atoms with Crippen LogP contribution in [0.3, 0.4) is 0 Å². The summed E-state index contributed by atoms with van der Waals surface area (Å²) < 4.78 is 5.90. The first-order valence-corrected chi connectivity index (χ1v) is 11.2. The van der Waals surface area contributed by atoms with E-state index in [4.69, 9.17) is 21.3 Å². The van der Waals surface area contributed by atoms with E-state index in [1.54, 1.807) is 0 Å². The number of halogens is 1. The van der Waals surface area contributed by atoms with Gasteiger partial charge < -0.3 is 4.74 Å². The molecule has 0 atom stereocenters. The fraction of sp³-hybridized carbons (Fsp3) is 0.346. The minimum atomic E-state index is -0.183. The number of ether oxygens (including phenoxy) is 1. The van der Waals surface area contributed by atoms with Gasteiger partial charge >= 0.3 is 0 Å². The van der Waals surface area contributed by atoms with Gasteiger partial charge in [0.05, 0.1) is 5.54 Å². The van der Waals surface area contributed by atoms with Crippen LogP contribution >= 0.6 is 11.6 Å². The molecule has 0 spiro atoms. The summed E-state index contributed by atoms with van der Waals surface area (Å²) in [5, 5.41) is 0.560. The van der Waals surface area contributed by atoms with Crippen molar-refractivity contribution in [2.45, 2.75) is 52.5 Å². The zero-order chi connectivity index (χ0) is 22.0. The van der Waals surface area contributed by atoms with Crippen LogP contribution in [0.25, 0.3) is 11.1 Å². The van der Waals surface area contributed by atoms with Crippen molar-refractivity contribution in [1.29, 1.82) is 0 Å². The predicted octanol–water partition coefficient (Wildman–Crippen LogP) is 6.20. The lowest BCUT2D eigenvalue weighted by molar-refractivity contribution is 0.279. The second kappa shape index (κ2) is 8.80. The molecule has 3 aromatic rings. The first-order chi connectivity index (χ1) is 14.9. The predicted molar refractivity (Wildman–Crippen MR) is 127 cm³/mol. The highest BCUT2D eigenvalue weighted by Crippen LogP contribution is 2.30. The number of aryl methyl sites for hydroxylation is 2. The highest BCUT2D eigenvalue weighted by atomic mass is 35.5. The molecule has 2 heterocycles. The number of aliphatic imine (C=N–C) groups is 1. The van der Waals surface area contributed by atoms with Gasteiger partial charge in [-0.3, -0.25) is 0 Å². The average molecular weight is 434 g/mol. The Kier molecular flexibility index (Phi) is 6.10. The summed E-state index contributed by atoms with van der Waals surface area (Å²) in [7, 11) is 0. The SMILES string of the molecule is CCCc1nc(C)nc(Cl)c1Cc1ccc(-c2ccccc2C2=NC(C)(C)CO2)cc1. The van der Waals surface area contributed by atoms with Crippen LogP contribution in [0.15, 0.2) is 53.5 Å². The van der Waals surface area contributed by atoms with Gasteiger partial charge in [-0.25, -0.2) is 15.0 Å². The normalized spacial score (nSPS) is 14.9. The smallest absolute Gasteiger partial charge is 0.217 e. The third kappa shape index (κ3) is 4.80. The van der Waals surface area contributed by atoms with E-state index in [-0.39, 0.29) is 5.54 Å². The lowest BCUT2D eigenvalue weighted by atomic mass is 9.96. The maximum atomic E-state index is 6.49. The van der Waals surface area contributed by atoms with Crippen LogP contribution in [0.2, 0.25) is 5.15 Å². The minimum absolute atomic E-state index is 0.183. The molecule has 160 valence electrons. The molecule has 31 heavy (non-hydrogen) atoms. The molecule has 0 unspecified atom stereocenters. The summed E-state index contributed by atoms with van der Waals surface area (Å²) >= 11 is 6.49. The molecule has 1 aliphatic heterocycles. The lowest BCUT2D eigenvalue weighted by Crippen LogP contribution is -2.17. The largest absolute Gasteiger partial charge is 0.475 e. The first kappa shape index (κ1) is 21.5. The molecule has 4 nitrogen and oxygen atoms in total. The Hall–Kier alpha value is -2.72. The molecule has 4 rings (SSSR count). The van der Waals surface area contributed by atoms with Gasteiger partial charge in [0.2, 0.25) is 5.90 Å². The summed E-state index contributed by atoms with van der Waals surface area (Å²) in [6.45, 7) is 8.82.